The standard InChI is InChI=1S/C19H12ClFN4O4/c1-9-6-12(25-19(29)23-17(26)16(24-25)18(27)28)7-14(20)15(9)13(8-22)10-2-4-11(21)5-3-10/h2-7,13H,1H3,(H,27,28)(H,23,26,29). The fraction of sp³-hybridized carbons (Fsp3) is 0.105. The molecule has 1 aromatic heterocycles. The summed E-state index contributed by atoms with van der Waals surface area (Å²) in [5.74, 6) is -2.84. The molecular weight excluding hydrogens is 403 g/mol. The summed E-state index contributed by atoms with van der Waals surface area (Å²) in [6.07, 6.45) is 0. The fourth-order valence-electron chi connectivity index (χ4n) is 2.90. The summed E-state index contributed by atoms with van der Waals surface area (Å²) in [5, 5.41) is 22.4. The predicted octanol–water partition coefficient (Wildman–Crippen LogP) is 2.38. The van der Waals surface area contributed by atoms with E-state index in [0.29, 0.717) is 21.4 Å². The maximum absolute atomic E-state index is 13.2. The molecular formula is C19H12ClFN4O4. The molecule has 29 heavy (non-hydrogen) atoms. The van der Waals surface area contributed by atoms with Crippen LogP contribution in [-0.4, -0.2) is 25.8 Å². The maximum atomic E-state index is 13.2. The van der Waals surface area contributed by atoms with E-state index in [1.54, 1.807) is 6.92 Å². The summed E-state index contributed by atoms with van der Waals surface area (Å²) in [5.41, 5.74) is -1.34. The van der Waals surface area contributed by atoms with Gasteiger partial charge < -0.3 is 5.11 Å². The molecule has 0 saturated carbocycles. The first kappa shape index (κ1) is 20.0. The lowest BCUT2D eigenvalue weighted by Crippen LogP contribution is -2.35. The number of hydrogen-bond donors (Lipinski definition) is 2. The van der Waals surface area contributed by atoms with Crippen molar-refractivity contribution < 1.29 is 14.3 Å². The lowest BCUT2D eigenvalue weighted by molar-refractivity contribution is 0.0685. The number of benzene rings is 2. The van der Waals surface area contributed by atoms with E-state index in [0.717, 1.165) is 0 Å². The quantitative estimate of drug-likeness (QED) is 0.674. The molecule has 10 heteroatoms. The molecule has 0 amide bonds. The van der Waals surface area contributed by atoms with E-state index in [1.165, 1.54) is 36.4 Å². The molecule has 0 aliphatic heterocycles. The number of nitriles is 1. The highest BCUT2D eigenvalue weighted by atomic mass is 35.5. The molecule has 0 bridgehead atoms. The lowest BCUT2D eigenvalue weighted by atomic mass is 9.89. The van der Waals surface area contributed by atoms with Crippen molar-refractivity contribution in [1.29, 1.82) is 5.26 Å². The molecule has 8 nitrogen and oxygen atoms in total. The number of aryl methyl sites for hydroxylation is 1. The van der Waals surface area contributed by atoms with Crippen LogP contribution in [0.3, 0.4) is 0 Å². The first-order valence-corrected chi connectivity index (χ1v) is 8.53. The Bertz CT molecular complexity index is 1250. The fourth-order valence-corrected chi connectivity index (χ4v) is 3.27. The van der Waals surface area contributed by atoms with Gasteiger partial charge in [0.05, 0.1) is 17.7 Å². The summed E-state index contributed by atoms with van der Waals surface area (Å²) in [4.78, 5) is 36.7. The number of halogens is 2. The number of carbonyl (C=O) groups is 1. The number of aromatic nitrogens is 3. The number of H-pyrrole nitrogens is 1. The van der Waals surface area contributed by atoms with E-state index >= 15 is 0 Å². The predicted molar refractivity (Wildman–Crippen MR) is 101 cm³/mol. The van der Waals surface area contributed by atoms with Crippen molar-refractivity contribution in [3.63, 3.8) is 0 Å². The van der Waals surface area contributed by atoms with E-state index in [9.17, 15) is 24.0 Å². The molecule has 1 heterocycles. The monoisotopic (exact) mass is 414 g/mol. The van der Waals surface area contributed by atoms with Gasteiger partial charge in [0.15, 0.2) is 0 Å². The zero-order chi connectivity index (χ0) is 21.3. The molecule has 0 fully saturated rings. The Labute approximate surface area is 167 Å². The third-order valence-electron chi connectivity index (χ3n) is 4.22. The van der Waals surface area contributed by atoms with Crippen LogP contribution in [0.2, 0.25) is 5.02 Å². The Morgan fingerprint density at radius 3 is 2.52 bits per heavy atom. The van der Waals surface area contributed by atoms with Crippen LogP contribution in [-0.2, 0) is 0 Å². The van der Waals surface area contributed by atoms with Gasteiger partial charge >= 0.3 is 11.7 Å². The van der Waals surface area contributed by atoms with Crippen LogP contribution in [0.5, 0.6) is 0 Å². The molecule has 0 radical (unpaired) electrons. The highest BCUT2D eigenvalue weighted by Crippen LogP contribution is 2.34. The zero-order valence-corrected chi connectivity index (χ0v) is 15.6. The highest BCUT2D eigenvalue weighted by molar-refractivity contribution is 6.31. The van der Waals surface area contributed by atoms with Crippen molar-refractivity contribution in [3.05, 3.63) is 90.5 Å². The van der Waals surface area contributed by atoms with Gasteiger partial charge in [-0.15, -0.1) is 0 Å². The van der Waals surface area contributed by atoms with Crippen LogP contribution in [0.1, 0.15) is 33.1 Å². The molecule has 0 aliphatic carbocycles. The van der Waals surface area contributed by atoms with Crippen LogP contribution in [0.15, 0.2) is 46.0 Å². The van der Waals surface area contributed by atoms with E-state index in [1.807, 2.05) is 4.98 Å². The van der Waals surface area contributed by atoms with Crippen molar-refractivity contribution >= 4 is 17.6 Å². The Hall–Kier alpha value is -3.77. The average molecular weight is 415 g/mol. The molecule has 1 atom stereocenters. The second-order valence-electron chi connectivity index (χ2n) is 6.10. The third kappa shape index (κ3) is 3.79. The van der Waals surface area contributed by atoms with Gasteiger partial charge in [0.2, 0.25) is 5.69 Å². The minimum atomic E-state index is -1.60. The summed E-state index contributed by atoms with van der Waals surface area (Å²) in [6.45, 7) is 1.65. The first-order valence-electron chi connectivity index (χ1n) is 8.15. The van der Waals surface area contributed by atoms with Crippen LogP contribution in [0.4, 0.5) is 4.39 Å². The van der Waals surface area contributed by atoms with Crippen LogP contribution in [0, 0.1) is 24.1 Å². The third-order valence-corrected chi connectivity index (χ3v) is 4.53. The van der Waals surface area contributed by atoms with Gasteiger partial charge in [0.25, 0.3) is 5.56 Å². The number of carboxylic acid groups (broad SMARTS) is 1. The highest BCUT2D eigenvalue weighted by Gasteiger charge is 2.21. The van der Waals surface area contributed by atoms with Crippen LogP contribution < -0.4 is 11.2 Å². The second-order valence-corrected chi connectivity index (χ2v) is 6.50. The number of aromatic carboxylic acids is 1. The molecule has 0 spiro atoms. The largest absolute Gasteiger partial charge is 0.476 e. The minimum Gasteiger partial charge on any atom is -0.476 e. The number of aromatic amines is 1. The van der Waals surface area contributed by atoms with Crippen molar-refractivity contribution in [2.24, 2.45) is 0 Å². The summed E-state index contributed by atoms with van der Waals surface area (Å²) >= 11 is 6.37. The molecule has 2 aromatic carbocycles. The van der Waals surface area contributed by atoms with Crippen molar-refractivity contribution in [1.82, 2.24) is 14.8 Å². The Morgan fingerprint density at radius 2 is 1.97 bits per heavy atom. The molecule has 2 N–H and O–H groups in total. The van der Waals surface area contributed by atoms with Crippen LogP contribution >= 0.6 is 11.6 Å². The number of carboxylic acids is 1. The van der Waals surface area contributed by atoms with Gasteiger partial charge in [-0.2, -0.15) is 15.0 Å². The minimum absolute atomic E-state index is 0.107. The SMILES string of the molecule is Cc1cc(-n2nc(C(=O)O)c(=O)[nH]c2=O)cc(Cl)c1C(C#N)c1ccc(F)cc1. The summed E-state index contributed by atoms with van der Waals surface area (Å²) in [7, 11) is 0. The normalized spacial score (nSPS) is 11.7. The summed E-state index contributed by atoms with van der Waals surface area (Å²) in [6, 6.07) is 10.3. The Kier molecular flexibility index (Phi) is 5.30. The van der Waals surface area contributed by atoms with Crippen LogP contribution in [0.25, 0.3) is 5.69 Å². The maximum Gasteiger partial charge on any atom is 0.362 e. The van der Waals surface area contributed by atoms with Crippen molar-refractivity contribution in [3.8, 4) is 11.8 Å². The molecule has 146 valence electrons. The molecule has 3 rings (SSSR count). The van der Waals surface area contributed by atoms with Crippen molar-refractivity contribution in [2.75, 3.05) is 0 Å². The molecule has 3 aromatic rings. The smallest absolute Gasteiger partial charge is 0.362 e. The zero-order valence-electron chi connectivity index (χ0n) is 14.8. The van der Waals surface area contributed by atoms with E-state index < -0.39 is 34.6 Å². The molecule has 0 aliphatic rings. The van der Waals surface area contributed by atoms with Gasteiger partial charge in [-0.25, -0.2) is 14.0 Å². The average Bonchev–Trinajstić information content (AvgIpc) is 2.65. The van der Waals surface area contributed by atoms with Gasteiger partial charge in [0, 0.05) is 5.02 Å². The molecule has 0 saturated heterocycles. The Balaban J connectivity index is 2.16. The van der Waals surface area contributed by atoms with Gasteiger partial charge in [-0.05, 0) is 47.9 Å². The lowest BCUT2D eigenvalue weighted by Gasteiger charge is -2.17. The van der Waals surface area contributed by atoms with Gasteiger partial charge in [-0.3, -0.25) is 9.78 Å². The van der Waals surface area contributed by atoms with Gasteiger partial charge in [0.1, 0.15) is 5.82 Å². The van der Waals surface area contributed by atoms with E-state index in [-0.39, 0.29) is 10.7 Å². The number of rotatable bonds is 4. The van der Waals surface area contributed by atoms with Crippen molar-refractivity contribution in [2.45, 2.75) is 12.8 Å². The van der Waals surface area contributed by atoms with E-state index in [2.05, 4.69) is 11.2 Å². The topological polar surface area (TPSA) is 129 Å². The summed E-state index contributed by atoms with van der Waals surface area (Å²) < 4.78 is 13.9. The first-order chi connectivity index (χ1) is 13.7. The van der Waals surface area contributed by atoms with E-state index in [4.69, 9.17) is 16.7 Å². The number of hydrogen-bond acceptors (Lipinski definition) is 5. The Morgan fingerprint density at radius 1 is 1.31 bits per heavy atom. The number of nitrogens with zero attached hydrogens (tertiary/aromatic N) is 3. The number of nitrogens with one attached hydrogen (secondary N) is 1. The van der Waals surface area contributed by atoms with Gasteiger partial charge in [-0.1, -0.05) is 23.7 Å². The second kappa shape index (κ2) is 7.69. The molecule has 1 unspecified atom stereocenters.